The summed E-state index contributed by atoms with van der Waals surface area (Å²) in [7, 11) is 0. The SMILES string of the molecule is Cc1ccc2c(c1)NC(=O)C(CC(=O)NCC(C)c1ccccc1)O2. The van der Waals surface area contributed by atoms with E-state index in [-0.39, 0.29) is 24.2 Å². The molecule has 0 bridgehead atoms. The van der Waals surface area contributed by atoms with Crippen molar-refractivity contribution in [1.29, 1.82) is 0 Å². The first-order valence-corrected chi connectivity index (χ1v) is 8.43. The molecule has 5 heteroatoms. The predicted molar refractivity (Wildman–Crippen MR) is 96.7 cm³/mol. The van der Waals surface area contributed by atoms with Crippen LogP contribution in [0.4, 0.5) is 5.69 Å². The second-order valence-electron chi connectivity index (χ2n) is 6.42. The molecule has 0 saturated heterocycles. The maximum absolute atomic E-state index is 12.2. The van der Waals surface area contributed by atoms with Gasteiger partial charge in [-0.3, -0.25) is 9.59 Å². The van der Waals surface area contributed by atoms with Gasteiger partial charge in [-0.25, -0.2) is 0 Å². The molecule has 5 nitrogen and oxygen atoms in total. The lowest BCUT2D eigenvalue weighted by molar-refractivity contribution is -0.130. The van der Waals surface area contributed by atoms with Crippen molar-refractivity contribution in [3.8, 4) is 5.75 Å². The second-order valence-corrected chi connectivity index (χ2v) is 6.42. The number of carbonyl (C=O) groups excluding carboxylic acids is 2. The Morgan fingerprint density at radius 3 is 2.76 bits per heavy atom. The standard InChI is InChI=1S/C20H22N2O3/c1-13-8-9-17-16(10-13)22-20(24)18(25-17)11-19(23)21-12-14(2)15-6-4-3-5-7-15/h3-10,14,18H,11-12H2,1-2H3,(H,21,23)(H,22,24). The van der Waals surface area contributed by atoms with Crippen LogP contribution < -0.4 is 15.4 Å². The van der Waals surface area contributed by atoms with Crippen molar-refractivity contribution in [3.63, 3.8) is 0 Å². The Bertz CT molecular complexity index is 774. The Labute approximate surface area is 147 Å². The van der Waals surface area contributed by atoms with Gasteiger partial charge in [0.05, 0.1) is 12.1 Å². The van der Waals surface area contributed by atoms with Crippen molar-refractivity contribution in [2.45, 2.75) is 32.3 Å². The van der Waals surface area contributed by atoms with Crippen LogP contribution >= 0.6 is 0 Å². The normalized spacial score (nSPS) is 17.0. The minimum absolute atomic E-state index is 0.000654. The van der Waals surface area contributed by atoms with E-state index in [1.807, 2.05) is 55.5 Å². The van der Waals surface area contributed by atoms with Crippen LogP contribution in [-0.2, 0) is 9.59 Å². The number of carbonyl (C=O) groups is 2. The average Bonchev–Trinajstić information content (AvgIpc) is 2.61. The molecule has 0 aliphatic carbocycles. The van der Waals surface area contributed by atoms with Gasteiger partial charge in [0.25, 0.3) is 5.91 Å². The van der Waals surface area contributed by atoms with Crippen molar-refractivity contribution in [2.75, 3.05) is 11.9 Å². The highest BCUT2D eigenvalue weighted by Gasteiger charge is 2.29. The quantitative estimate of drug-likeness (QED) is 0.881. The summed E-state index contributed by atoms with van der Waals surface area (Å²) in [6, 6.07) is 15.6. The van der Waals surface area contributed by atoms with E-state index in [1.54, 1.807) is 0 Å². The molecule has 2 unspecified atom stereocenters. The summed E-state index contributed by atoms with van der Waals surface area (Å²) in [5, 5.41) is 5.69. The van der Waals surface area contributed by atoms with Gasteiger partial charge in [-0.05, 0) is 36.1 Å². The molecule has 2 aromatic rings. The highest BCUT2D eigenvalue weighted by atomic mass is 16.5. The van der Waals surface area contributed by atoms with Crippen LogP contribution in [-0.4, -0.2) is 24.5 Å². The molecular weight excluding hydrogens is 316 g/mol. The molecule has 1 aliphatic rings. The van der Waals surface area contributed by atoms with E-state index >= 15 is 0 Å². The third-order valence-electron chi connectivity index (χ3n) is 4.30. The summed E-state index contributed by atoms with van der Waals surface area (Å²) in [4.78, 5) is 24.3. The van der Waals surface area contributed by atoms with E-state index in [4.69, 9.17) is 4.74 Å². The summed E-state index contributed by atoms with van der Waals surface area (Å²) < 4.78 is 5.69. The van der Waals surface area contributed by atoms with Gasteiger partial charge in [0, 0.05) is 6.54 Å². The lowest BCUT2D eigenvalue weighted by Crippen LogP contribution is -2.41. The van der Waals surface area contributed by atoms with Crippen molar-refractivity contribution >= 4 is 17.5 Å². The summed E-state index contributed by atoms with van der Waals surface area (Å²) in [6.45, 7) is 4.52. The topological polar surface area (TPSA) is 67.4 Å². The summed E-state index contributed by atoms with van der Waals surface area (Å²) in [5.74, 6) is 0.318. The van der Waals surface area contributed by atoms with Crippen molar-refractivity contribution in [2.24, 2.45) is 0 Å². The number of rotatable bonds is 5. The fourth-order valence-electron chi connectivity index (χ4n) is 2.81. The highest BCUT2D eigenvalue weighted by Crippen LogP contribution is 2.31. The number of fused-ring (bicyclic) bond motifs is 1. The lowest BCUT2D eigenvalue weighted by atomic mass is 10.0. The third-order valence-corrected chi connectivity index (χ3v) is 4.30. The molecule has 25 heavy (non-hydrogen) atoms. The molecule has 2 atom stereocenters. The first-order chi connectivity index (χ1) is 12.0. The Balaban J connectivity index is 1.54. The number of amides is 2. The van der Waals surface area contributed by atoms with E-state index in [0.717, 1.165) is 5.56 Å². The molecule has 2 amide bonds. The summed E-state index contributed by atoms with van der Waals surface area (Å²) >= 11 is 0. The molecule has 1 heterocycles. The zero-order valence-corrected chi connectivity index (χ0v) is 14.4. The molecule has 0 saturated carbocycles. The molecule has 2 aromatic carbocycles. The fourth-order valence-corrected chi connectivity index (χ4v) is 2.81. The van der Waals surface area contributed by atoms with Crippen molar-refractivity contribution < 1.29 is 14.3 Å². The number of anilines is 1. The second kappa shape index (κ2) is 7.38. The molecule has 1 aliphatic heterocycles. The van der Waals surface area contributed by atoms with E-state index in [9.17, 15) is 9.59 Å². The van der Waals surface area contributed by atoms with Gasteiger partial charge < -0.3 is 15.4 Å². The zero-order valence-electron chi connectivity index (χ0n) is 14.4. The van der Waals surface area contributed by atoms with Crippen LogP contribution in [0.5, 0.6) is 5.75 Å². The van der Waals surface area contributed by atoms with E-state index in [1.165, 1.54) is 5.56 Å². The van der Waals surface area contributed by atoms with Crippen LogP contribution in [0.2, 0.25) is 0 Å². The van der Waals surface area contributed by atoms with Gasteiger partial charge in [0.1, 0.15) is 5.75 Å². The Morgan fingerprint density at radius 2 is 2.00 bits per heavy atom. The van der Waals surface area contributed by atoms with Gasteiger partial charge in [-0.15, -0.1) is 0 Å². The molecule has 0 radical (unpaired) electrons. The van der Waals surface area contributed by atoms with Gasteiger partial charge in [0.2, 0.25) is 5.91 Å². The van der Waals surface area contributed by atoms with Crippen LogP contribution in [0, 0.1) is 6.92 Å². The van der Waals surface area contributed by atoms with E-state index in [0.29, 0.717) is 18.0 Å². The molecule has 0 spiro atoms. The molecule has 0 aromatic heterocycles. The largest absolute Gasteiger partial charge is 0.478 e. The number of nitrogens with one attached hydrogen (secondary N) is 2. The highest BCUT2D eigenvalue weighted by molar-refractivity contribution is 6.00. The third kappa shape index (κ3) is 4.18. The minimum Gasteiger partial charge on any atom is -0.478 e. The van der Waals surface area contributed by atoms with Crippen LogP contribution in [0.15, 0.2) is 48.5 Å². The van der Waals surface area contributed by atoms with Crippen LogP contribution in [0.1, 0.15) is 30.4 Å². The maximum Gasteiger partial charge on any atom is 0.266 e. The first kappa shape index (κ1) is 17.0. The maximum atomic E-state index is 12.2. The molecule has 2 N–H and O–H groups in total. The zero-order chi connectivity index (χ0) is 17.8. The molecule has 3 rings (SSSR count). The first-order valence-electron chi connectivity index (χ1n) is 8.43. The monoisotopic (exact) mass is 338 g/mol. The number of benzene rings is 2. The Kier molecular flexibility index (Phi) is 5.03. The number of ether oxygens (including phenoxy) is 1. The summed E-state index contributed by atoms with van der Waals surface area (Å²) in [6.07, 6.45) is -0.803. The van der Waals surface area contributed by atoms with Crippen molar-refractivity contribution in [1.82, 2.24) is 5.32 Å². The Morgan fingerprint density at radius 1 is 1.24 bits per heavy atom. The van der Waals surface area contributed by atoms with Crippen LogP contribution in [0.3, 0.4) is 0 Å². The predicted octanol–water partition coefficient (Wildman–Crippen LogP) is 3.00. The van der Waals surface area contributed by atoms with Gasteiger partial charge in [0.15, 0.2) is 6.10 Å². The van der Waals surface area contributed by atoms with Crippen LogP contribution in [0.25, 0.3) is 0 Å². The van der Waals surface area contributed by atoms with Gasteiger partial charge >= 0.3 is 0 Å². The fraction of sp³-hybridized carbons (Fsp3) is 0.300. The van der Waals surface area contributed by atoms with Gasteiger partial charge in [-0.1, -0.05) is 43.3 Å². The van der Waals surface area contributed by atoms with Crippen molar-refractivity contribution in [3.05, 3.63) is 59.7 Å². The smallest absolute Gasteiger partial charge is 0.266 e. The Hall–Kier alpha value is -2.82. The minimum atomic E-state index is -0.803. The molecule has 130 valence electrons. The number of hydrogen-bond acceptors (Lipinski definition) is 3. The summed E-state index contributed by atoms with van der Waals surface area (Å²) in [5.41, 5.74) is 2.85. The van der Waals surface area contributed by atoms with E-state index < -0.39 is 6.10 Å². The van der Waals surface area contributed by atoms with E-state index in [2.05, 4.69) is 17.6 Å². The molecule has 0 fully saturated rings. The lowest BCUT2D eigenvalue weighted by Gasteiger charge is -2.26. The van der Waals surface area contributed by atoms with Gasteiger partial charge in [-0.2, -0.15) is 0 Å². The number of hydrogen-bond donors (Lipinski definition) is 2. The number of aryl methyl sites for hydroxylation is 1. The molecular formula is C20H22N2O3. The average molecular weight is 338 g/mol.